The maximum atomic E-state index is 9.67. The van der Waals surface area contributed by atoms with Crippen molar-refractivity contribution in [1.29, 1.82) is 0 Å². The number of likely N-dealkylation sites (N-methyl/N-ethyl adjacent to an activating group) is 1. The zero-order valence-electron chi connectivity index (χ0n) is 14.4. The smallest absolute Gasteiger partial charge is 0.123 e. The SMILES string of the molecule is CN(Cc1ccc(C#CC(C)(C)O)s1)CC1Cc2ccccc2O1. The molecule has 1 atom stereocenters. The molecule has 126 valence electrons. The van der Waals surface area contributed by atoms with Crippen molar-refractivity contribution >= 4 is 11.3 Å². The summed E-state index contributed by atoms with van der Waals surface area (Å²) in [5, 5.41) is 9.67. The van der Waals surface area contributed by atoms with E-state index in [1.165, 1.54) is 10.4 Å². The van der Waals surface area contributed by atoms with Crippen LogP contribution in [0.15, 0.2) is 36.4 Å². The van der Waals surface area contributed by atoms with E-state index in [1.54, 1.807) is 25.2 Å². The molecule has 1 N–H and O–H groups in total. The molecule has 1 aromatic heterocycles. The fourth-order valence-electron chi connectivity index (χ4n) is 2.78. The second kappa shape index (κ2) is 6.98. The van der Waals surface area contributed by atoms with Crippen molar-refractivity contribution in [1.82, 2.24) is 4.90 Å². The Labute approximate surface area is 147 Å². The molecule has 1 unspecified atom stereocenters. The maximum Gasteiger partial charge on any atom is 0.123 e. The zero-order valence-corrected chi connectivity index (χ0v) is 15.2. The van der Waals surface area contributed by atoms with Crippen LogP contribution in [0.5, 0.6) is 5.75 Å². The van der Waals surface area contributed by atoms with Crippen LogP contribution in [0.1, 0.15) is 29.2 Å². The zero-order chi connectivity index (χ0) is 17.2. The molecule has 2 aromatic rings. The van der Waals surface area contributed by atoms with Gasteiger partial charge in [0, 0.05) is 24.4 Å². The Bertz CT molecular complexity index is 739. The highest BCUT2D eigenvalue weighted by Gasteiger charge is 2.23. The first-order valence-electron chi connectivity index (χ1n) is 8.16. The number of benzene rings is 1. The Morgan fingerprint density at radius 3 is 2.83 bits per heavy atom. The van der Waals surface area contributed by atoms with E-state index in [0.29, 0.717) is 0 Å². The van der Waals surface area contributed by atoms with Gasteiger partial charge in [-0.3, -0.25) is 4.90 Å². The summed E-state index contributed by atoms with van der Waals surface area (Å²) in [4.78, 5) is 4.55. The van der Waals surface area contributed by atoms with E-state index in [4.69, 9.17) is 4.74 Å². The molecule has 2 heterocycles. The quantitative estimate of drug-likeness (QED) is 0.866. The summed E-state index contributed by atoms with van der Waals surface area (Å²) >= 11 is 1.68. The van der Waals surface area contributed by atoms with Gasteiger partial charge in [0.1, 0.15) is 17.5 Å². The van der Waals surface area contributed by atoms with E-state index in [2.05, 4.69) is 42.0 Å². The Hall–Kier alpha value is -1.80. The minimum Gasteiger partial charge on any atom is -0.488 e. The number of fused-ring (bicyclic) bond motifs is 1. The summed E-state index contributed by atoms with van der Waals surface area (Å²) in [7, 11) is 2.12. The Balaban J connectivity index is 1.54. The summed E-state index contributed by atoms with van der Waals surface area (Å²) in [6.45, 7) is 5.17. The summed E-state index contributed by atoms with van der Waals surface area (Å²) < 4.78 is 6.01. The van der Waals surface area contributed by atoms with Crippen LogP contribution in [0.2, 0.25) is 0 Å². The standard InChI is InChI=1S/C20H23NO2S/c1-20(2,22)11-10-17-8-9-18(24-17)14-21(3)13-16-12-15-6-4-5-7-19(15)23-16/h4-9,16,22H,12-14H2,1-3H3. The average Bonchev–Trinajstić information content (AvgIpc) is 3.10. The minimum atomic E-state index is -0.949. The van der Waals surface area contributed by atoms with Gasteiger partial charge in [-0.15, -0.1) is 11.3 Å². The Morgan fingerprint density at radius 1 is 1.29 bits per heavy atom. The number of thiophene rings is 1. The lowest BCUT2D eigenvalue weighted by atomic mass is 10.1. The summed E-state index contributed by atoms with van der Waals surface area (Å²) in [5.41, 5.74) is 0.353. The second-order valence-electron chi connectivity index (χ2n) is 6.82. The van der Waals surface area contributed by atoms with Gasteiger partial charge >= 0.3 is 0 Å². The van der Waals surface area contributed by atoms with Gasteiger partial charge in [0.2, 0.25) is 0 Å². The van der Waals surface area contributed by atoms with Gasteiger partial charge in [0.15, 0.2) is 0 Å². The topological polar surface area (TPSA) is 32.7 Å². The minimum absolute atomic E-state index is 0.224. The highest BCUT2D eigenvalue weighted by atomic mass is 32.1. The van der Waals surface area contributed by atoms with Crippen LogP contribution in [-0.2, 0) is 13.0 Å². The molecule has 1 aliphatic rings. The third-order valence-electron chi connectivity index (χ3n) is 3.81. The van der Waals surface area contributed by atoms with Crippen LogP contribution in [0.4, 0.5) is 0 Å². The summed E-state index contributed by atoms with van der Waals surface area (Å²) in [6, 6.07) is 12.4. The van der Waals surface area contributed by atoms with E-state index < -0.39 is 5.60 Å². The van der Waals surface area contributed by atoms with Gasteiger partial charge in [0.25, 0.3) is 0 Å². The van der Waals surface area contributed by atoms with Crippen molar-refractivity contribution in [2.75, 3.05) is 13.6 Å². The highest BCUT2D eigenvalue weighted by molar-refractivity contribution is 7.12. The number of nitrogens with zero attached hydrogens (tertiary/aromatic N) is 1. The van der Waals surface area contributed by atoms with Gasteiger partial charge in [-0.1, -0.05) is 30.0 Å². The van der Waals surface area contributed by atoms with Crippen LogP contribution < -0.4 is 4.74 Å². The molecule has 0 radical (unpaired) electrons. The van der Waals surface area contributed by atoms with Crippen LogP contribution in [0.3, 0.4) is 0 Å². The molecular weight excluding hydrogens is 318 g/mol. The van der Waals surface area contributed by atoms with E-state index in [1.807, 2.05) is 18.2 Å². The number of rotatable bonds is 4. The molecule has 24 heavy (non-hydrogen) atoms. The number of aliphatic hydroxyl groups is 1. The molecular formula is C20H23NO2S. The predicted molar refractivity (Wildman–Crippen MR) is 98.4 cm³/mol. The van der Waals surface area contributed by atoms with Crippen molar-refractivity contribution in [2.45, 2.75) is 38.5 Å². The molecule has 0 saturated carbocycles. The molecule has 0 spiro atoms. The monoisotopic (exact) mass is 341 g/mol. The van der Waals surface area contributed by atoms with Crippen molar-refractivity contribution in [3.05, 3.63) is 51.7 Å². The highest BCUT2D eigenvalue weighted by Crippen LogP contribution is 2.28. The molecule has 0 bridgehead atoms. The second-order valence-corrected chi connectivity index (χ2v) is 7.99. The first kappa shape index (κ1) is 17.0. The molecule has 4 heteroatoms. The lowest BCUT2D eigenvalue weighted by molar-refractivity contribution is 0.143. The van der Waals surface area contributed by atoms with Crippen molar-refractivity contribution in [3.63, 3.8) is 0 Å². The first-order chi connectivity index (χ1) is 11.4. The van der Waals surface area contributed by atoms with E-state index in [0.717, 1.165) is 30.1 Å². The molecule has 0 amide bonds. The lowest BCUT2D eigenvalue weighted by Gasteiger charge is -2.20. The lowest BCUT2D eigenvalue weighted by Crippen LogP contribution is -2.31. The van der Waals surface area contributed by atoms with Crippen LogP contribution in [0, 0.1) is 11.8 Å². The van der Waals surface area contributed by atoms with Gasteiger partial charge in [-0.25, -0.2) is 0 Å². The normalized spacial score (nSPS) is 16.5. The van der Waals surface area contributed by atoms with Crippen molar-refractivity contribution < 1.29 is 9.84 Å². The molecule has 3 nitrogen and oxygen atoms in total. The van der Waals surface area contributed by atoms with Gasteiger partial charge in [-0.05, 0) is 44.7 Å². The fourth-order valence-corrected chi connectivity index (χ4v) is 3.72. The largest absolute Gasteiger partial charge is 0.488 e. The van der Waals surface area contributed by atoms with E-state index in [9.17, 15) is 5.11 Å². The van der Waals surface area contributed by atoms with Crippen LogP contribution >= 0.6 is 11.3 Å². The van der Waals surface area contributed by atoms with Gasteiger partial charge in [-0.2, -0.15) is 0 Å². The maximum absolute atomic E-state index is 9.67. The number of hydrogen-bond donors (Lipinski definition) is 1. The van der Waals surface area contributed by atoms with Crippen LogP contribution in [0.25, 0.3) is 0 Å². The fraction of sp³-hybridized carbons (Fsp3) is 0.400. The molecule has 0 fully saturated rings. The third-order valence-corrected chi connectivity index (χ3v) is 4.79. The molecule has 3 rings (SSSR count). The number of ether oxygens (including phenoxy) is 1. The van der Waals surface area contributed by atoms with Crippen molar-refractivity contribution in [2.24, 2.45) is 0 Å². The predicted octanol–water partition coefficient (Wildman–Crippen LogP) is 3.31. The van der Waals surface area contributed by atoms with E-state index in [-0.39, 0.29) is 6.10 Å². The van der Waals surface area contributed by atoms with Gasteiger partial charge < -0.3 is 9.84 Å². The van der Waals surface area contributed by atoms with E-state index >= 15 is 0 Å². The summed E-state index contributed by atoms with van der Waals surface area (Å²) in [5.74, 6) is 6.92. The number of hydrogen-bond acceptors (Lipinski definition) is 4. The molecule has 0 aliphatic carbocycles. The molecule has 1 aliphatic heterocycles. The Kier molecular flexibility index (Phi) is 4.96. The Morgan fingerprint density at radius 2 is 2.08 bits per heavy atom. The molecule has 1 aromatic carbocycles. The third kappa shape index (κ3) is 4.61. The van der Waals surface area contributed by atoms with Gasteiger partial charge in [0.05, 0.1) is 4.88 Å². The van der Waals surface area contributed by atoms with Crippen LogP contribution in [-0.4, -0.2) is 35.3 Å². The molecule has 0 saturated heterocycles. The number of para-hydroxylation sites is 1. The first-order valence-corrected chi connectivity index (χ1v) is 8.98. The summed E-state index contributed by atoms with van der Waals surface area (Å²) in [6.07, 6.45) is 1.20. The average molecular weight is 341 g/mol. The van der Waals surface area contributed by atoms with Crippen molar-refractivity contribution in [3.8, 4) is 17.6 Å².